The molecule has 0 heterocycles. The second-order valence-corrected chi connectivity index (χ2v) is 4.39. The first kappa shape index (κ1) is 15.1. The average molecular weight is 367 g/mol. The normalized spacial score (nSPS) is 22.9. The van der Waals surface area contributed by atoms with E-state index < -0.39 is 11.6 Å². The summed E-state index contributed by atoms with van der Waals surface area (Å²) in [5.41, 5.74) is 5.66. The molecular weight excluding hydrogens is 351 g/mol. The van der Waals surface area contributed by atoms with Crippen LogP contribution >= 0.6 is 24.0 Å². The fraction of sp³-hybridized carbons (Fsp3) is 0.417. The standard InChI is InChI=1S/C12H15F2N3.HI/c1-7-2-5-10(7)16-12(15)17-11-6-8(13)3-4-9(11)14;/h3-4,6-7,10H,2,5H2,1H3,(H3,15,16,17);1H. The third kappa shape index (κ3) is 3.54. The molecule has 0 bridgehead atoms. The Hall–Kier alpha value is -0.920. The fourth-order valence-corrected chi connectivity index (χ4v) is 1.78. The van der Waals surface area contributed by atoms with Crippen molar-refractivity contribution in [3.05, 3.63) is 29.8 Å². The molecule has 1 aliphatic carbocycles. The summed E-state index contributed by atoms with van der Waals surface area (Å²) >= 11 is 0. The molecule has 0 aromatic heterocycles. The van der Waals surface area contributed by atoms with Gasteiger partial charge in [0.2, 0.25) is 0 Å². The van der Waals surface area contributed by atoms with E-state index in [1.165, 1.54) is 0 Å². The molecule has 100 valence electrons. The number of hydrogen-bond acceptors (Lipinski definition) is 1. The lowest BCUT2D eigenvalue weighted by molar-refractivity contribution is 0.284. The number of nitrogens with zero attached hydrogens (tertiary/aromatic N) is 1. The Morgan fingerprint density at radius 2 is 2.11 bits per heavy atom. The van der Waals surface area contributed by atoms with Crippen molar-refractivity contribution in [2.75, 3.05) is 5.32 Å². The van der Waals surface area contributed by atoms with Crippen molar-refractivity contribution in [1.82, 2.24) is 0 Å². The number of aliphatic imine (C=N–C) groups is 1. The van der Waals surface area contributed by atoms with Gasteiger partial charge in [0.1, 0.15) is 11.6 Å². The molecule has 0 amide bonds. The minimum Gasteiger partial charge on any atom is -0.370 e. The first-order valence-corrected chi connectivity index (χ1v) is 5.61. The Morgan fingerprint density at radius 3 is 2.67 bits per heavy atom. The molecule has 0 aliphatic heterocycles. The number of hydrogen-bond donors (Lipinski definition) is 2. The van der Waals surface area contributed by atoms with Crippen molar-refractivity contribution in [3.8, 4) is 0 Å². The molecule has 3 nitrogen and oxygen atoms in total. The van der Waals surface area contributed by atoms with Crippen LogP contribution in [0.15, 0.2) is 23.2 Å². The molecule has 1 aromatic carbocycles. The van der Waals surface area contributed by atoms with Crippen LogP contribution in [0.5, 0.6) is 0 Å². The third-order valence-corrected chi connectivity index (χ3v) is 3.07. The second kappa shape index (κ2) is 6.31. The van der Waals surface area contributed by atoms with E-state index >= 15 is 0 Å². The molecule has 3 N–H and O–H groups in total. The van der Waals surface area contributed by atoms with Crippen molar-refractivity contribution < 1.29 is 8.78 Å². The predicted octanol–water partition coefficient (Wildman–Crippen LogP) is 3.11. The SMILES string of the molecule is CC1CCC1N=C(N)Nc1cc(F)ccc1F.I. The average Bonchev–Trinajstić information content (AvgIpc) is 2.29. The van der Waals surface area contributed by atoms with Crippen molar-refractivity contribution in [2.45, 2.75) is 25.8 Å². The van der Waals surface area contributed by atoms with Crippen LogP contribution in [-0.4, -0.2) is 12.0 Å². The summed E-state index contributed by atoms with van der Waals surface area (Å²) < 4.78 is 26.2. The molecule has 1 fully saturated rings. The lowest BCUT2D eigenvalue weighted by Gasteiger charge is -2.30. The van der Waals surface area contributed by atoms with Gasteiger partial charge in [0.15, 0.2) is 5.96 Å². The molecule has 1 aromatic rings. The summed E-state index contributed by atoms with van der Waals surface area (Å²) in [5, 5.41) is 2.58. The highest BCUT2D eigenvalue weighted by Gasteiger charge is 2.26. The van der Waals surface area contributed by atoms with Gasteiger partial charge in [0.25, 0.3) is 0 Å². The Kier molecular flexibility index (Phi) is 5.30. The van der Waals surface area contributed by atoms with Crippen molar-refractivity contribution >= 4 is 35.6 Å². The van der Waals surface area contributed by atoms with Gasteiger partial charge in [-0.1, -0.05) is 6.92 Å². The van der Waals surface area contributed by atoms with Gasteiger partial charge in [-0.25, -0.2) is 13.8 Å². The Balaban J connectivity index is 0.00000162. The zero-order valence-corrected chi connectivity index (χ0v) is 12.3. The summed E-state index contributed by atoms with van der Waals surface area (Å²) in [6.45, 7) is 2.09. The minimum atomic E-state index is -0.550. The highest BCUT2D eigenvalue weighted by Crippen LogP contribution is 2.29. The van der Waals surface area contributed by atoms with E-state index in [4.69, 9.17) is 5.73 Å². The molecule has 2 rings (SSSR count). The molecule has 6 heteroatoms. The summed E-state index contributed by atoms with van der Waals surface area (Å²) in [4.78, 5) is 4.22. The third-order valence-electron chi connectivity index (χ3n) is 3.07. The van der Waals surface area contributed by atoms with Gasteiger partial charge in [-0.15, -0.1) is 24.0 Å². The van der Waals surface area contributed by atoms with Crippen LogP contribution in [0, 0.1) is 17.6 Å². The molecule has 2 unspecified atom stereocenters. The maximum absolute atomic E-state index is 13.3. The van der Waals surface area contributed by atoms with E-state index in [0.29, 0.717) is 5.92 Å². The van der Waals surface area contributed by atoms with E-state index in [-0.39, 0.29) is 41.7 Å². The second-order valence-electron chi connectivity index (χ2n) is 4.39. The number of nitrogens with two attached hydrogens (primary N) is 1. The molecule has 2 atom stereocenters. The number of anilines is 1. The van der Waals surface area contributed by atoms with Crippen molar-refractivity contribution in [1.29, 1.82) is 0 Å². The van der Waals surface area contributed by atoms with E-state index in [9.17, 15) is 8.78 Å². The van der Waals surface area contributed by atoms with Crippen LogP contribution in [-0.2, 0) is 0 Å². The van der Waals surface area contributed by atoms with Gasteiger partial charge in [0.05, 0.1) is 11.7 Å². The van der Waals surface area contributed by atoms with E-state index in [2.05, 4.69) is 17.2 Å². The van der Waals surface area contributed by atoms with Crippen LogP contribution < -0.4 is 11.1 Å². The lowest BCUT2D eigenvalue weighted by Crippen LogP contribution is -2.33. The maximum Gasteiger partial charge on any atom is 0.193 e. The smallest absolute Gasteiger partial charge is 0.193 e. The van der Waals surface area contributed by atoms with Gasteiger partial charge in [-0.05, 0) is 30.9 Å². The largest absolute Gasteiger partial charge is 0.370 e. The quantitative estimate of drug-likeness (QED) is 0.480. The zero-order chi connectivity index (χ0) is 12.4. The number of guanidine groups is 1. The van der Waals surface area contributed by atoms with Crippen LogP contribution in [0.4, 0.5) is 14.5 Å². The van der Waals surface area contributed by atoms with Gasteiger partial charge in [-0.2, -0.15) is 0 Å². The summed E-state index contributed by atoms with van der Waals surface area (Å²) in [6.07, 6.45) is 2.13. The van der Waals surface area contributed by atoms with Crippen molar-refractivity contribution in [3.63, 3.8) is 0 Å². The number of benzene rings is 1. The Labute approximate surface area is 122 Å². The topological polar surface area (TPSA) is 50.4 Å². The highest BCUT2D eigenvalue weighted by atomic mass is 127. The van der Waals surface area contributed by atoms with E-state index in [1.54, 1.807) is 0 Å². The van der Waals surface area contributed by atoms with E-state index in [0.717, 1.165) is 31.0 Å². The van der Waals surface area contributed by atoms with Crippen LogP contribution in [0.3, 0.4) is 0 Å². The van der Waals surface area contributed by atoms with Crippen LogP contribution in [0.1, 0.15) is 19.8 Å². The fourth-order valence-electron chi connectivity index (χ4n) is 1.78. The van der Waals surface area contributed by atoms with E-state index in [1.807, 2.05) is 0 Å². The van der Waals surface area contributed by atoms with Gasteiger partial charge >= 0.3 is 0 Å². The molecule has 18 heavy (non-hydrogen) atoms. The molecule has 1 saturated carbocycles. The molecule has 0 radical (unpaired) electrons. The Bertz CT molecular complexity index is 451. The lowest BCUT2D eigenvalue weighted by atomic mass is 9.82. The van der Waals surface area contributed by atoms with Crippen molar-refractivity contribution in [2.24, 2.45) is 16.6 Å². The molecule has 0 spiro atoms. The molecule has 0 saturated heterocycles. The van der Waals surface area contributed by atoms with Gasteiger partial charge < -0.3 is 11.1 Å². The number of halogens is 3. The van der Waals surface area contributed by atoms with Crippen LogP contribution in [0.2, 0.25) is 0 Å². The highest BCUT2D eigenvalue weighted by molar-refractivity contribution is 14.0. The predicted molar refractivity (Wildman–Crippen MR) is 79.2 cm³/mol. The molecular formula is C12H16F2IN3. The molecule has 1 aliphatic rings. The number of nitrogens with one attached hydrogen (secondary N) is 1. The first-order valence-electron chi connectivity index (χ1n) is 5.61. The number of rotatable bonds is 2. The maximum atomic E-state index is 13.3. The monoisotopic (exact) mass is 367 g/mol. The van der Waals surface area contributed by atoms with Gasteiger partial charge in [0, 0.05) is 6.07 Å². The summed E-state index contributed by atoms with van der Waals surface area (Å²) in [5.74, 6) is -0.427. The Morgan fingerprint density at radius 1 is 1.39 bits per heavy atom. The van der Waals surface area contributed by atoms with Gasteiger partial charge in [-0.3, -0.25) is 0 Å². The zero-order valence-electron chi connectivity index (χ0n) is 9.99. The van der Waals surface area contributed by atoms with Crippen LogP contribution in [0.25, 0.3) is 0 Å². The summed E-state index contributed by atoms with van der Waals surface area (Å²) in [6, 6.07) is 3.36. The minimum absolute atomic E-state index is 0. The first-order chi connectivity index (χ1) is 8.06. The summed E-state index contributed by atoms with van der Waals surface area (Å²) in [7, 11) is 0.